The molecular weight excluding hydrogens is 172 g/mol. The van der Waals surface area contributed by atoms with Crippen molar-refractivity contribution >= 4 is 0 Å². The first-order valence-electron chi connectivity index (χ1n) is 5.93. The Hall–Kier alpha value is -0.550. The van der Waals surface area contributed by atoms with Crippen molar-refractivity contribution in [2.45, 2.75) is 45.1 Å². The third-order valence-corrected chi connectivity index (χ3v) is 4.34. The van der Waals surface area contributed by atoms with E-state index in [4.69, 9.17) is 0 Å². The van der Waals surface area contributed by atoms with Crippen LogP contribution in [0, 0.1) is 23.2 Å². The third-order valence-electron chi connectivity index (χ3n) is 4.34. The minimum atomic E-state index is -0.0909. The highest BCUT2D eigenvalue weighted by atomic mass is 15.2. The Balaban J connectivity index is 2.23. The largest absolute Gasteiger partial charge is 0.286 e. The molecule has 2 fully saturated rings. The van der Waals surface area contributed by atoms with Gasteiger partial charge >= 0.3 is 0 Å². The van der Waals surface area contributed by atoms with E-state index >= 15 is 0 Å². The molecular formula is C12H20N2. The first-order valence-corrected chi connectivity index (χ1v) is 5.93. The van der Waals surface area contributed by atoms with Gasteiger partial charge in [0.1, 0.15) is 5.54 Å². The summed E-state index contributed by atoms with van der Waals surface area (Å²) >= 11 is 0. The van der Waals surface area contributed by atoms with Gasteiger partial charge in [0.05, 0.1) is 6.07 Å². The standard InChI is InChI=1S/C12H20N2/c1-3-14(4-2)12(9-13)8-10-5-6-11(12)7-10/h10-11H,3-8H2,1-2H3. The Morgan fingerprint density at radius 2 is 2.07 bits per heavy atom. The van der Waals surface area contributed by atoms with E-state index in [0.717, 1.165) is 25.4 Å². The second-order valence-corrected chi connectivity index (χ2v) is 4.79. The SMILES string of the molecule is CCN(CC)C1(C#N)CC2CCC1C2. The summed E-state index contributed by atoms with van der Waals surface area (Å²) in [6, 6.07) is 2.64. The zero-order valence-corrected chi connectivity index (χ0v) is 9.29. The number of hydrogen-bond donors (Lipinski definition) is 0. The molecule has 0 spiro atoms. The molecule has 14 heavy (non-hydrogen) atoms. The zero-order chi connectivity index (χ0) is 10.2. The maximum atomic E-state index is 9.48. The van der Waals surface area contributed by atoms with E-state index in [0.29, 0.717) is 5.92 Å². The summed E-state index contributed by atoms with van der Waals surface area (Å²) in [6.45, 7) is 6.39. The van der Waals surface area contributed by atoms with Crippen LogP contribution in [0.15, 0.2) is 0 Å². The molecule has 0 aromatic rings. The molecule has 3 unspecified atom stereocenters. The van der Waals surface area contributed by atoms with Gasteiger partial charge in [0.15, 0.2) is 0 Å². The van der Waals surface area contributed by atoms with Crippen molar-refractivity contribution in [1.29, 1.82) is 5.26 Å². The van der Waals surface area contributed by atoms with Gasteiger partial charge in [-0.05, 0) is 50.6 Å². The normalized spacial score (nSPS) is 40.4. The molecule has 2 aliphatic rings. The third kappa shape index (κ3) is 1.19. The van der Waals surface area contributed by atoms with Crippen molar-refractivity contribution in [2.75, 3.05) is 13.1 Å². The fourth-order valence-electron chi connectivity index (χ4n) is 3.68. The molecule has 2 rings (SSSR count). The van der Waals surface area contributed by atoms with Crippen molar-refractivity contribution < 1.29 is 0 Å². The average Bonchev–Trinajstić information content (AvgIpc) is 2.79. The van der Waals surface area contributed by atoms with Gasteiger partial charge in [0.2, 0.25) is 0 Å². The molecule has 0 N–H and O–H groups in total. The Kier molecular flexibility index (Phi) is 2.53. The Morgan fingerprint density at radius 1 is 1.36 bits per heavy atom. The summed E-state index contributed by atoms with van der Waals surface area (Å²) in [5.74, 6) is 1.51. The fourth-order valence-corrected chi connectivity index (χ4v) is 3.68. The quantitative estimate of drug-likeness (QED) is 0.686. The van der Waals surface area contributed by atoms with Crippen LogP contribution in [-0.2, 0) is 0 Å². The molecule has 2 aliphatic carbocycles. The molecule has 0 amide bonds. The van der Waals surface area contributed by atoms with Crippen molar-refractivity contribution in [1.82, 2.24) is 4.90 Å². The molecule has 0 aromatic heterocycles. The van der Waals surface area contributed by atoms with Crippen LogP contribution in [0.5, 0.6) is 0 Å². The van der Waals surface area contributed by atoms with Crippen LogP contribution >= 0.6 is 0 Å². The number of nitrogens with zero attached hydrogens (tertiary/aromatic N) is 2. The van der Waals surface area contributed by atoms with Crippen molar-refractivity contribution in [2.24, 2.45) is 11.8 Å². The second-order valence-electron chi connectivity index (χ2n) is 4.79. The highest BCUT2D eigenvalue weighted by molar-refractivity contribution is 5.19. The average molecular weight is 192 g/mol. The Bertz CT molecular complexity index is 252. The smallest absolute Gasteiger partial charge is 0.112 e. The lowest BCUT2D eigenvalue weighted by Crippen LogP contribution is -2.51. The van der Waals surface area contributed by atoms with Crippen LogP contribution < -0.4 is 0 Å². The summed E-state index contributed by atoms with van der Waals surface area (Å²) < 4.78 is 0. The minimum Gasteiger partial charge on any atom is -0.286 e. The van der Waals surface area contributed by atoms with Crippen LogP contribution in [0.4, 0.5) is 0 Å². The monoisotopic (exact) mass is 192 g/mol. The summed E-state index contributed by atoms with van der Waals surface area (Å²) in [6.07, 6.45) is 5.10. The molecule has 0 heterocycles. The fraction of sp³-hybridized carbons (Fsp3) is 0.917. The Labute approximate surface area is 86.9 Å². The van der Waals surface area contributed by atoms with Crippen LogP contribution in [0.1, 0.15) is 39.5 Å². The van der Waals surface area contributed by atoms with E-state index in [2.05, 4.69) is 24.8 Å². The lowest BCUT2D eigenvalue weighted by Gasteiger charge is -2.40. The maximum absolute atomic E-state index is 9.48. The van der Waals surface area contributed by atoms with Crippen molar-refractivity contribution in [3.05, 3.63) is 0 Å². The molecule has 0 radical (unpaired) electrons. The summed E-state index contributed by atoms with van der Waals surface area (Å²) in [5.41, 5.74) is -0.0909. The zero-order valence-electron chi connectivity index (χ0n) is 9.29. The van der Waals surface area contributed by atoms with Crippen LogP contribution in [0.25, 0.3) is 0 Å². The first-order chi connectivity index (χ1) is 6.76. The number of hydrogen-bond acceptors (Lipinski definition) is 2. The van der Waals surface area contributed by atoms with Crippen molar-refractivity contribution in [3.8, 4) is 6.07 Å². The van der Waals surface area contributed by atoms with Crippen molar-refractivity contribution in [3.63, 3.8) is 0 Å². The highest BCUT2D eigenvalue weighted by Gasteiger charge is 2.53. The first kappa shape index (κ1) is 9.98. The van der Waals surface area contributed by atoms with E-state index in [9.17, 15) is 5.26 Å². The number of rotatable bonds is 3. The highest BCUT2D eigenvalue weighted by Crippen LogP contribution is 2.53. The predicted octanol–water partition coefficient (Wildman–Crippen LogP) is 2.41. The van der Waals surface area contributed by atoms with Gasteiger partial charge in [0.25, 0.3) is 0 Å². The molecule has 3 atom stereocenters. The van der Waals surface area contributed by atoms with Gasteiger partial charge in [-0.25, -0.2) is 0 Å². The van der Waals surface area contributed by atoms with Gasteiger partial charge in [0, 0.05) is 0 Å². The lowest BCUT2D eigenvalue weighted by atomic mass is 9.80. The number of fused-ring (bicyclic) bond motifs is 2. The molecule has 0 aliphatic heterocycles. The Morgan fingerprint density at radius 3 is 2.43 bits per heavy atom. The molecule has 2 bridgehead atoms. The minimum absolute atomic E-state index is 0.0909. The predicted molar refractivity (Wildman–Crippen MR) is 56.7 cm³/mol. The summed E-state index contributed by atoms with van der Waals surface area (Å²) in [4.78, 5) is 2.39. The van der Waals surface area contributed by atoms with E-state index in [1.54, 1.807) is 0 Å². The molecule has 2 nitrogen and oxygen atoms in total. The molecule has 0 aromatic carbocycles. The van der Waals surface area contributed by atoms with Gasteiger partial charge in [-0.3, -0.25) is 4.90 Å². The topological polar surface area (TPSA) is 27.0 Å². The number of nitriles is 1. The second kappa shape index (κ2) is 3.55. The van der Waals surface area contributed by atoms with E-state index in [1.807, 2.05) is 0 Å². The van der Waals surface area contributed by atoms with Gasteiger partial charge in [-0.2, -0.15) is 5.26 Å². The summed E-state index contributed by atoms with van der Waals surface area (Å²) in [5, 5.41) is 9.48. The molecule has 2 saturated carbocycles. The van der Waals surface area contributed by atoms with Crippen LogP contribution in [0.3, 0.4) is 0 Å². The van der Waals surface area contributed by atoms with Gasteiger partial charge < -0.3 is 0 Å². The summed E-state index contributed by atoms with van der Waals surface area (Å²) in [7, 11) is 0. The molecule has 0 saturated heterocycles. The lowest BCUT2D eigenvalue weighted by molar-refractivity contribution is 0.0940. The van der Waals surface area contributed by atoms with E-state index < -0.39 is 0 Å². The molecule has 78 valence electrons. The van der Waals surface area contributed by atoms with E-state index in [1.165, 1.54) is 19.3 Å². The maximum Gasteiger partial charge on any atom is 0.112 e. The molecule has 2 heteroatoms. The van der Waals surface area contributed by atoms with Gasteiger partial charge in [-0.15, -0.1) is 0 Å². The van der Waals surface area contributed by atoms with E-state index in [-0.39, 0.29) is 5.54 Å². The van der Waals surface area contributed by atoms with Crippen LogP contribution in [0.2, 0.25) is 0 Å². The van der Waals surface area contributed by atoms with Gasteiger partial charge in [-0.1, -0.05) is 13.8 Å². The van der Waals surface area contributed by atoms with Crippen LogP contribution in [-0.4, -0.2) is 23.5 Å².